The van der Waals surface area contributed by atoms with Crippen LogP contribution in [0.1, 0.15) is 50.1 Å². The van der Waals surface area contributed by atoms with E-state index in [0.29, 0.717) is 5.92 Å². The van der Waals surface area contributed by atoms with Crippen molar-refractivity contribution in [2.75, 3.05) is 18.0 Å². The third kappa shape index (κ3) is 2.91. The third-order valence-corrected chi connectivity index (χ3v) is 5.48. The van der Waals surface area contributed by atoms with Crippen LogP contribution in [0.5, 0.6) is 5.75 Å². The van der Waals surface area contributed by atoms with Crippen molar-refractivity contribution in [2.24, 2.45) is 0 Å². The van der Waals surface area contributed by atoms with Gasteiger partial charge < -0.3 is 14.4 Å². The lowest BCUT2D eigenvalue weighted by atomic mass is 10.1. The highest BCUT2D eigenvalue weighted by molar-refractivity contribution is 5.71. The number of imidazole rings is 1. The predicted octanol–water partition coefficient (Wildman–Crippen LogP) is 4.36. The fourth-order valence-electron chi connectivity index (χ4n) is 3.88. The molecule has 1 aliphatic carbocycles. The predicted molar refractivity (Wildman–Crippen MR) is 103 cm³/mol. The van der Waals surface area contributed by atoms with Crippen LogP contribution < -0.4 is 4.90 Å². The SMILES string of the molecule is Oc1cccc(-c2cn3cc(C4CC4)nc3c(N3CCCCCC3)n2)c1. The van der Waals surface area contributed by atoms with Crippen molar-refractivity contribution in [3.8, 4) is 17.0 Å². The molecule has 26 heavy (non-hydrogen) atoms. The molecule has 0 radical (unpaired) electrons. The van der Waals surface area contributed by atoms with Crippen LogP contribution in [0.15, 0.2) is 36.7 Å². The quantitative estimate of drug-likeness (QED) is 0.764. The highest BCUT2D eigenvalue weighted by atomic mass is 16.3. The normalized spacial score (nSPS) is 18.2. The van der Waals surface area contributed by atoms with Gasteiger partial charge in [-0.05, 0) is 37.8 Å². The summed E-state index contributed by atoms with van der Waals surface area (Å²) in [7, 11) is 0. The third-order valence-electron chi connectivity index (χ3n) is 5.48. The minimum atomic E-state index is 0.269. The number of phenolic OH excluding ortho intramolecular Hbond substituents is 1. The molecule has 3 aromatic rings. The van der Waals surface area contributed by atoms with E-state index in [0.717, 1.165) is 35.8 Å². The monoisotopic (exact) mass is 348 g/mol. The molecule has 1 aromatic carbocycles. The van der Waals surface area contributed by atoms with Crippen LogP contribution in [-0.4, -0.2) is 32.6 Å². The number of nitrogens with zero attached hydrogens (tertiary/aromatic N) is 4. The Balaban J connectivity index is 1.66. The largest absolute Gasteiger partial charge is 0.508 e. The zero-order valence-electron chi connectivity index (χ0n) is 14.9. The summed E-state index contributed by atoms with van der Waals surface area (Å²) in [6.07, 6.45) is 11.7. The van der Waals surface area contributed by atoms with Crippen LogP contribution in [-0.2, 0) is 0 Å². The number of fused-ring (bicyclic) bond motifs is 1. The Bertz CT molecular complexity index is 936. The highest BCUT2D eigenvalue weighted by Crippen LogP contribution is 2.40. The Morgan fingerprint density at radius 1 is 0.962 bits per heavy atom. The van der Waals surface area contributed by atoms with Gasteiger partial charge >= 0.3 is 0 Å². The molecule has 0 unspecified atom stereocenters. The second kappa shape index (κ2) is 6.31. The van der Waals surface area contributed by atoms with Crippen LogP contribution in [0.4, 0.5) is 5.82 Å². The lowest BCUT2D eigenvalue weighted by molar-refractivity contribution is 0.475. The molecule has 1 aliphatic heterocycles. The van der Waals surface area contributed by atoms with Gasteiger partial charge in [-0.1, -0.05) is 25.0 Å². The average molecular weight is 348 g/mol. The van der Waals surface area contributed by atoms with E-state index in [-0.39, 0.29) is 5.75 Å². The first kappa shape index (κ1) is 15.7. The molecule has 0 bridgehead atoms. The van der Waals surface area contributed by atoms with Crippen LogP contribution >= 0.6 is 0 Å². The summed E-state index contributed by atoms with van der Waals surface area (Å²) in [5.74, 6) is 1.88. The van der Waals surface area contributed by atoms with E-state index >= 15 is 0 Å². The maximum Gasteiger partial charge on any atom is 0.180 e. The van der Waals surface area contributed by atoms with Gasteiger partial charge in [0, 0.05) is 37.0 Å². The minimum Gasteiger partial charge on any atom is -0.508 e. The van der Waals surface area contributed by atoms with Gasteiger partial charge in [-0.2, -0.15) is 0 Å². The number of phenols is 1. The summed E-state index contributed by atoms with van der Waals surface area (Å²) in [6.45, 7) is 2.08. The molecule has 2 aliphatic rings. The molecule has 5 rings (SSSR count). The second-order valence-corrected chi connectivity index (χ2v) is 7.57. The number of hydrogen-bond acceptors (Lipinski definition) is 4. The first-order chi connectivity index (χ1) is 12.8. The fourth-order valence-corrected chi connectivity index (χ4v) is 3.88. The summed E-state index contributed by atoms with van der Waals surface area (Å²) in [5, 5.41) is 9.87. The molecular weight excluding hydrogens is 324 g/mol. The standard InChI is InChI=1S/C21H24N4O/c26-17-7-5-6-16(12-17)19-14-25-13-18(15-8-9-15)22-21(25)20(23-19)24-10-3-1-2-4-11-24/h5-7,12-15,26H,1-4,8-11H2. The smallest absolute Gasteiger partial charge is 0.180 e. The summed E-state index contributed by atoms with van der Waals surface area (Å²) in [4.78, 5) is 12.3. The number of aromatic hydroxyl groups is 1. The van der Waals surface area contributed by atoms with Gasteiger partial charge in [0.05, 0.1) is 11.4 Å². The molecular formula is C21H24N4O. The Labute approximate surface area is 153 Å². The number of anilines is 1. The summed E-state index contributed by atoms with van der Waals surface area (Å²) in [5.41, 5.74) is 3.98. The summed E-state index contributed by atoms with van der Waals surface area (Å²) >= 11 is 0. The van der Waals surface area contributed by atoms with Crippen molar-refractivity contribution in [3.63, 3.8) is 0 Å². The van der Waals surface area contributed by atoms with E-state index < -0.39 is 0 Å². The van der Waals surface area contributed by atoms with Gasteiger partial charge in [-0.3, -0.25) is 0 Å². The molecule has 0 spiro atoms. The highest BCUT2D eigenvalue weighted by Gasteiger charge is 2.28. The summed E-state index contributed by atoms with van der Waals surface area (Å²) < 4.78 is 2.14. The molecule has 1 N–H and O–H groups in total. The first-order valence-corrected chi connectivity index (χ1v) is 9.72. The first-order valence-electron chi connectivity index (χ1n) is 9.72. The minimum absolute atomic E-state index is 0.269. The van der Waals surface area contributed by atoms with Crippen molar-refractivity contribution >= 4 is 11.5 Å². The van der Waals surface area contributed by atoms with Crippen molar-refractivity contribution in [1.29, 1.82) is 0 Å². The zero-order chi connectivity index (χ0) is 17.5. The maximum atomic E-state index is 9.87. The summed E-state index contributed by atoms with van der Waals surface area (Å²) in [6, 6.07) is 7.34. The van der Waals surface area contributed by atoms with Gasteiger partial charge in [0.15, 0.2) is 11.5 Å². The van der Waals surface area contributed by atoms with E-state index in [2.05, 4.69) is 15.5 Å². The van der Waals surface area contributed by atoms with Gasteiger partial charge in [0.2, 0.25) is 0 Å². The van der Waals surface area contributed by atoms with Crippen molar-refractivity contribution in [1.82, 2.24) is 14.4 Å². The lowest BCUT2D eigenvalue weighted by Crippen LogP contribution is -2.25. The van der Waals surface area contributed by atoms with Crippen molar-refractivity contribution in [2.45, 2.75) is 44.4 Å². The Morgan fingerprint density at radius 3 is 2.50 bits per heavy atom. The van der Waals surface area contributed by atoms with E-state index in [9.17, 15) is 5.11 Å². The van der Waals surface area contributed by atoms with Crippen molar-refractivity contribution < 1.29 is 5.11 Å². The molecule has 3 heterocycles. The Kier molecular flexibility index (Phi) is 3.80. The maximum absolute atomic E-state index is 9.87. The van der Waals surface area contributed by atoms with Gasteiger partial charge in [0.1, 0.15) is 5.75 Å². The van der Waals surface area contributed by atoms with Gasteiger partial charge in [0.25, 0.3) is 0 Å². The molecule has 134 valence electrons. The van der Waals surface area contributed by atoms with Crippen LogP contribution in [0.25, 0.3) is 16.9 Å². The van der Waals surface area contributed by atoms with E-state index in [1.807, 2.05) is 18.3 Å². The molecule has 0 atom stereocenters. The molecule has 0 amide bonds. The number of benzene rings is 1. The molecule has 5 nitrogen and oxygen atoms in total. The molecule has 2 fully saturated rings. The van der Waals surface area contributed by atoms with Crippen LogP contribution in [0, 0.1) is 0 Å². The second-order valence-electron chi connectivity index (χ2n) is 7.57. The molecule has 1 saturated carbocycles. The number of hydrogen-bond donors (Lipinski definition) is 1. The van der Waals surface area contributed by atoms with E-state index in [1.54, 1.807) is 12.1 Å². The van der Waals surface area contributed by atoms with E-state index in [4.69, 9.17) is 9.97 Å². The molecule has 5 heteroatoms. The zero-order valence-corrected chi connectivity index (χ0v) is 14.9. The van der Waals surface area contributed by atoms with E-state index in [1.165, 1.54) is 44.2 Å². The fraction of sp³-hybridized carbons (Fsp3) is 0.429. The van der Waals surface area contributed by atoms with Crippen LogP contribution in [0.2, 0.25) is 0 Å². The Hall–Kier alpha value is -2.56. The Morgan fingerprint density at radius 2 is 1.77 bits per heavy atom. The van der Waals surface area contributed by atoms with Gasteiger partial charge in [-0.25, -0.2) is 9.97 Å². The molecule has 2 aromatic heterocycles. The molecule has 1 saturated heterocycles. The van der Waals surface area contributed by atoms with Crippen molar-refractivity contribution in [3.05, 3.63) is 42.4 Å². The topological polar surface area (TPSA) is 53.7 Å². The average Bonchev–Trinajstić information content (AvgIpc) is 3.45. The van der Waals surface area contributed by atoms with Crippen LogP contribution in [0.3, 0.4) is 0 Å². The number of rotatable bonds is 3. The lowest BCUT2D eigenvalue weighted by Gasteiger charge is -2.22. The van der Waals surface area contributed by atoms with Gasteiger partial charge in [-0.15, -0.1) is 0 Å². The number of aromatic nitrogens is 3.